The summed E-state index contributed by atoms with van der Waals surface area (Å²) in [5.74, 6) is -3.04. The normalized spacial score (nSPS) is 13.3. The number of carboxylic acids is 1. The highest BCUT2D eigenvalue weighted by atomic mass is 35.5. The largest absolute Gasteiger partial charge is 0.480 e. The summed E-state index contributed by atoms with van der Waals surface area (Å²) in [6, 6.07) is 14.2. The van der Waals surface area contributed by atoms with Gasteiger partial charge in [-0.3, -0.25) is 4.79 Å². The van der Waals surface area contributed by atoms with Gasteiger partial charge in [0.15, 0.2) is 0 Å². The third-order valence-corrected chi connectivity index (χ3v) is 5.06. The highest BCUT2D eigenvalue weighted by Gasteiger charge is 2.52. The molecule has 0 heterocycles. The van der Waals surface area contributed by atoms with Gasteiger partial charge in [0.1, 0.15) is 5.75 Å². The molecule has 3 rings (SSSR count). The zero-order chi connectivity index (χ0) is 22.8. The quantitative estimate of drug-likeness (QED) is 0.283. The molecule has 1 N–H and O–H groups in total. The maximum atomic E-state index is 13.3. The van der Waals surface area contributed by atoms with E-state index in [1.54, 1.807) is 0 Å². The van der Waals surface area contributed by atoms with E-state index in [9.17, 15) is 27.9 Å². The number of rotatable bonds is 5. The van der Waals surface area contributed by atoms with Gasteiger partial charge in [0.2, 0.25) is 5.41 Å². The number of hydrogen-bond acceptors (Lipinski definition) is 3. The third kappa shape index (κ3) is 4.52. The number of aliphatic carboxylic acids is 1. The third-order valence-electron chi connectivity index (χ3n) is 4.55. The lowest BCUT2D eigenvalue weighted by Gasteiger charge is -2.29. The molecule has 1 unspecified atom stereocenters. The van der Waals surface area contributed by atoms with E-state index in [2.05, 4.69) is 0 Å². The van der Waals surface area contributed by atoms with Gasteiger partial charge in [-0.1, -0.05) is 47.5 Å². The number of alkyl halides is 3. The van der Waals surface area contributed by atoms with Crippen molar-refractivity contribution in [1.82, 2.24) is 0 Å². The van der Waals surface area contributed by atoms with Gasteiger partial charge in [-0.05, 0) is 59.7 Å². The predicted octanol–water partition coefficient (Wildman–Crippen LogP) is 5.99. The highest BCUT2D eigenvalue weighted by molar-refractivity contribution is 6.30. The first-order valence-electron chi connectivity index (χ1n) is 8.70. The van der Waals surface area contributed by atoms with Crippen LogP contribution in [-0.2, 0) is 21.2 Å². The highest BCUT2D eigenvalue weighted by Crippen LogP contribution is 2.39. The second-order valence-electron chi connectivity index (χ2n) is 6.48. The molecular formula is C22H13Cl2F3O4. The van der Waals surface area contributed by atoms with Crippen LogP contribution in [0.15, 0.2) is 72.8 Å². The number of hydrogen-bond donors (Lipinski definition) is 1. The molecule has 0 saturated heterocycles. The molecule has 0 fully saturated rings. The summed E-state index contributed by atoms with van der Waals surface area (Å²) in [5, 5.41) is 10.7. The van der Waals surface area contributed by atoms with E-state index in [0.29, 0.717) is 11.1 Å². The van der Waals surface area contributed by atoms with Crippen molar-refractivity contribution in [3.05, 3.63) is 99.5 Å². The van der Waals surface area contributed by atoms with Crippen LogP contribution in [0.2, 0.25) is 10.0 Å². The van der Waals surface area contributed by atoms with Crippen LogP contribution in [0.5, 0.6) is 5.75 Å². The van der Waals surface area contributed by atoms with Gasteiger partial charge in [-0.25, -0.2) is 4.79 Å². The summed E-state index contributed by atoms with van der Waals surface area (Å²) in [6.07, 6.45) is -4.75. The lowest BCUT2D eigenvalue weighted by atomic mass is 9.74. The van der Waals surface area contributed by atoms with Crippen molar-refractivity contribution in [2.24, 2.45) is 0 Å². The molecule has 4 nitrogen and oxygen atoms in total. The molecule has 1 atom stereocenters. The zero-order valence-electron chi connectivity index (χ0n) is 15.5. The predicted molar refractivity (Wildman–Crippen MR) is 108 cm³/mol. The molecule has 0 bridgehead atoms. The first kappa shape index (κ1) is 22.7. The molecule has 3 aromatic rings. The molecule has 0 aliphatic heterocycles. The van der Waals surface area contributed by atoms with Crippen LogP contribution < -0.4 is 4.74 Å². The minimum atomic E-state index is -4.75. The Hall–Kier alpha value is -3.03. The van der Waals surface area contributed by atoms with Crippen molar-refractivity contribution in [1.29, 1.82) is 0 Å². The minimum Gasteiger partial charge on any atom is -0.480 e. The van der Waals surface area contributed by atoms with E-state index >= 15 is 0 Å². The monoisotopic (exact) mass is 468 g/mol. The molecular weight excluding hydrogens is 456 g/mol. The van der Waals surface area contributed by atoms with Crippen LogP contribution in [0.1, 0.15) is 16.7 Å². The second kappa shape index (κ2) is 8.61. The Morgan fingerprint density at radius 2 is 1.29 bits per heavy atom. The van der Waals surface area contributed by atoms with E-state index in [-0.39, 0.29) is 16.3 Å². The summed E-state index contributed by atoms with van der Waals surface area (Å²) >= 11 is 11.7. The molecule has 31 heavy (non-hydrogen) atoms. The first-order chi connectivity index (χ1) is 14.5. The minimum absolute atomic E-state index is 0.0269. The van der Waals surface area contributed by atoms with Gasteiger partial charge in [-0.2, -0.15) is 13.2 Å². The average molecular weight is 469 g/mol. The Morgan fingerprint density at radius 3 is 1.81 bits per heavy atom. The van der Waals surface area contributed by atoms with Gasteiger partial charge in [0.25, 0.3) is 0 Å². The standard InChI is InChI=1S/C22H13Cl2F3O4/c23-16-6-4-13(5-7-16)21(19(28)29,14-2-1-3-15(12-14)22(25,26)27)20(30)31-18-10-8-17(24)9-11-18/h1-12H,(H,28,29). The molecule has 160 valence electrons. The SMILES string of the molecule is O=C(O)C(C(=O)Oc1ccc(Cl)cc1)(c1ccc(Cl)cc1)c1cccc(C(F)(F)F)c1. The molecule has 9 heteroatoms. The summed E-state index contributed by atoms with van der Waals surface area (Å²) < 4.78 is 45.2. The summed E-state index contributed by atoms with van der Waals surface area (Å²) in [7, 11) is 0. The Labute approximate surface area is 184 Å². The van der Waals surface area contributed by atoms with Crippen molar-refractivity contribution in [3.63, 3.8) is 0 Å². The number of benzene rings is 3. The molecule has 0 spiro atoms. The van der Waals surface area contributed by atoms with Crippen molar-refractivity contribution in [2.45, 2.75) is 11.6 Å². The van der Waals surface area contributed by atoms with E-state index < -0.39 is 34.7 Å². The molecule has 0 aliphatic rings. The number of carbonyl (C=O) groups excluding carboxylic acids is 1. The number of halogens is 5. The molecule has 0 radical (unpaired) electrons. The van der Waals surface area contributed by atoms with Crippen LogP contribution in [0.25, 0.3) is 0 Å². The summed E-state index contributed by atoms with van der Waals surface area (Å²) in [6.45, 7) is 0. The van der Waals surface area contributed by atoms with Gasteiger partial charge >= 0.3 is 18.1 Å². The maximum absolute atomic E-state index is 13.3. The molecule has 0 amide bonds. The fourth-order valence-electron chi connectivity index (χ4n) is 3.05. The topological polar surface area (TPSA) is 63.6 Å². The van der Waals surface area contributed by atoms with Crippen LogP contribution in [-0.4, -0.2) is 17.0 Å². The van der Waals surface area contributed by atoms with E-state index in [0.717, 1.165) is 18.2 Å². The van der Waals surface area contributed by atoms with Crippen molar-refractivity contribution >= 4 is 35.1 Å². The fraction of sp³-hybridized carbons (Fsp3) is 0.0909. The fourth-order valence-corrected chi connectivity index (χ4v) is 3.30. The lowest BCUT2D eigenvalue weighted by molar-refractivity contribution is -0.154. The van der Waals surface area contributed by atoms with E-state index in [4.69, 9.17) is 27.9 Å². The van der Waals surface area contributed by atoms with Crippen LogP contribution >= 0.6 is 23.2 Å². The van der Waals surface area contributed by atoms with Crippen LogP contribution in [0.4, 0.5) is 13.2 Å². The van der Waals surface area contributed by atoms with E-state index in [1.807, 2.05) is 0 Å². The lowest BCUT2D eigenvalue weighted by Crippen LogP contribution is -2.47. The van der Waals surface area contributed by atoms with Crippen LogP contribution in [0, 0.1) is 0 Å². The summed E-state index contributed by atoms with van der Waals surface area (Å²) in [5.41, 5.74) is -4.24. The van der Waals surface area contributed by atoms with Gasteiger partial charge < -0.3 is 9.84 Å². The number of ether oxygens (including phenoxy) is 1. The Bertz CT molecular complexity index is 1110. The first-order valence-corrected chi connectivity index (χ1v) is 9.46. The average Bonchev–Trinajstić information content (AvgIpc) is 2.71. The summed E-state index contributed by atoms with van der Waals surface area (Å²) in [4.78, 5) is 25.8. The molecule has 0 saturated carbocycles. The van der Waals surface area contributed by atoms with Crippen molar-refractivity contribution < 1.29 is 32.6 Å². The van der Waals surface area contributed by atoms with Gasteiger partial charge in [0, 0.05) is 10.0 Å². The van der Waals surface area contributed by atoms with Crippen LogP contribution in [0.3, 0.4) is 0 Å². The number of carboxylic acid groups (broad SMARTS) is 1. The van der Waals surface area contributed by atoms with Gasteiger partial charge in [-0.15, -0.1) is 0 Å². The van der Waals surface area contributed by atoms with E-state index in [1.165, 1.54) is 48.5 Å². The second-order valence-corrected chi connectivity index (χ2v) is 7.36. The van der Waals surface area contributed by atoms with Crippen molar-refractivity contribution in [3.8, 4) is 5.75 Å². The maximum Gasteiger partial charge on any atom is 0.416 e. The van der Waals surface area contributed by atoms with Crippen molar-refractivity contribution in [2.75, 3.05) is 0 Å². The molecule has 0 aromatic heterocycles. The number of esters is 1. The molecule has 3 aromatic carbocycles. The number of carbonyl (C=O) groups is 2. The Balaban J connectivity index is 2.24. The Kier molecular flexibility index (Phi) is 6.29. The Morgan fingerprint density at radius 1 is 0.774 bits per heavy atom. The smallest absolute Gasteiger partial charge is 0.416 e. The molecule has 0 aliphatic carbocycles. The van der Waals surface area contributed by atoms with Gasteiger partial charge in [0.05, 0.1) is 5.56 Å². The zero-order valence-corrected chi connectivity index (χ0v) is 17.0.